The van der Waals surface area contributed by atoms with Gasteiger partial charge < -0.3 is 15.4 Å². The lowest BCUT2D eigenvalue weighted by molar-refractivity contribution is 0.141. The number of likely N-dealkylation sites (N-methyl/N-ethyl adjacent to an activating group) is 1. The first kappa shape index (κ1) is 23.1. The van der Waals surface area contributed by atoms with Gasteiger partial charge in [0.15, 0.2) is 0 Å². The SMILES string of the molecule is CNC[C@H]1CN(c2ccc(Nc3cccc(C(N=O)c4ccccc4)cc3=O)c(F)c2)C(=O)O1. The number of nitrogens with zero attached hydrogens (tertiary/aromatic N) is 2. The number of cyclic esters (lactones) is 1. The Hall–Kier alpha value is -4.11. The molecule has 1 unspecified atom stereocenters. The summed E-state index contributed by atoms with van der Waals surface area (Å²) in [5.74, 6) is -0.634. The normalized spacial score (nSPS) is 16.1. The topological polar surface area (TPSA) is 100 Å². The maximum atomic E-state index is 14.9. The van der Waals surface area contributed by atoms with Crippen molar-refractivity contribution in [1.29, 1.82) is 0 Å². The van der Waals surface area contributed by atoms with Crippen LogP contribution in [0.5, 0.6) is 0 Å². The first-order valence-corrected chi connectivity index (χ1v) is 10.7. The van der Waals surface area contributed by atoms with Crippen LogP contribution in [0.15, 0.2) is 82.8 Å². The van der Waals surface area contributed by atoms with E-state index in [0.717, 1.165) is 0 Å². The lowest BCUT2D eigenvalue weighted by Gasteiger charge is -2.14. The molecule has 0 bridgehead atoms. The molecular weight excluding hydrogens is 439 g/mol. The second-order valence-corrected chi connectivity index (χ2v) is 7.83. The zero-order valence-electron chi connectivity index (χ0n) is 18.4. The van der Waals surface area contributed by atoms with Crippen LogP contribution in [-0.4, -0.2) is 32.3 Å². The zero-order chi connectivity index (χ0) is 24.1. The summed E-state index contributed by atoms with van der Waals surface area (Å²) in [6, 6.07) is 18.4. The maximum Gasteiger partial charge on any atom is 0.414 e. The van der Waals surface area contributed by atoms with Gasteiger partial charge in [-0.05, 0) is 48.5 Å². The van der Waals surface area contributed by atoms with Gasteiger partial charge in [0.1, 0.15) is 18.0 Å². The van der Waals surface area contributed by atoms with Crippen LogP contribution in [0.3, 0.4) is 0 Å². The summed E-state index contributed by atoms with van der Waals surface area (Å²) in [5.41, 5.74) is 1.23. The largest absolute Gasteiger partial charge is 0.443 e. The Bertz CT molecular complexity index is 1260. The third kappa shape index (κ3) is 4.94. The molecule has 0 radical (unpaired) electrons. The monoisotopic (exact) mass is 462 g/mol. The van der Waals surface area contributed by atoms with Crippen LogP contribution < -0.4 is 21.0 Å². The number of halogens is 1. The van der Waals surface area contributed by atoms with Crippen molar-refractivity contribution >= 4 is 23.2 Å². The van der Waals surface area contributed by atoms with Crippen molar-refractivity contribution in [2.45, 2.75) is 12.1 Å². The molecule has 3 aromatic carbocycles. The summed E-state index contributed by atoms with van der Waals surface area (Å²) in [7, 11) is 1.75. The molecule has 2 N–H and O–H groups in total. The number of nitroso groups, excluding NO2 is 1. The first-order chi connectivity index (χ1) is 16.5. The van der Waals surface area contributed by atoms with E-state index in [2.05, 4.69) is 15.8 Å². The predicted octanol–water partition coefficient (Wildman–Crippen LogP) is 4.33. The molecule has 1 fully saturated rings. The number of rotatable bonds is 8. The molecule has 9 heteroatoms. The number of nitrogens with one attached hydrogen (secondary N) is 2. The van der Waals surface area contributed by atoms with E-state index in [9.17, 15) is 18.9 Å². The van der Waals surface area contributed by atoms with E-state index in [4.69, 9.17) is 4.74 Å². The number of carbonyl (C=O) groups is 1. The van der Waals surface area contributed by atoms with Gasteiger partial charge >= 0.3 is 6.09 Å². The molecule has 1 amide bonds. The molecule has 0 saturated carbocycles. The smallest absolute Gasteiger partial charge is 0.414 e. The van der Waals surface area contributed by atoms with E-state index < -0.39 is 23.4 Å². The minimum Gasteiger partial charge on any atom is -0.443 e. The molecule has 0 spiro atoms. The molecule has 0 aromatic heterocycles. The van der Waals surface area contributed by atoms with Crippen LogP contribution in [0.2, 0.25) is 0 Å². The Kier molecular flexibility index (Phi) is 6.93. The van der Waals surface area contributed by atoms with E-state index in [1.54, 1.807) is 49.5 Å². The summed E-state index contributed by atoms with van der Waals surface area (Å²) < 4.78 is 20.1. The Balaban J connectivity index is 1.56. The molecular formula is C25H23FN4O4. The number of benzene rings is 2. The maximum absolute atomic E-state index is 14.9. The van der Waals surface area contributed by atoms with Gasteiger partial charge in [-0.3, -0.25) is 9.69 Å². The van der Waals surface area contributed by atoms with E-state index >= 15 is 0 Å². The van der Waals surface area contributed by atoms with Gasteiger partial charge in [-0.2, -0.15) is 0 Å². The standard InChI is InChI=1S/C25H23FN4O4/c1-27-14-19-15-30(25(32)34-19)18-10-11-21(20(26)13-18)28-22-9-5-8-17(12-23(22)31)24(29-33)16-6-3-2-4-7-16/h2-13,19,24,27H,14-15H2,1H3,(H,28,31)/t19-,24?/m0/s1. The van der Waals surface area contributed by atoms with E-state index in [1.807, 2.05) is 6.07 Å². The Morgan fingerprint density at radius 3 is 2.50 bits per heavy atom. The summed E-state index contributed by atoms with van der Waals surface area (Å²) in [5, 5.41) is 8.92. The quantitative estimate of drug-likeness (QED) is 0.484. The first-order valence-electron chi connectivity index (χ1n) is 10.7. The van der Waals surface area contributed by atoms with E-state index in [-0.39, 0.29) is 17.5 Å². The van der Waals surface area contributed by atoms with Gasteiger partial charge in [0, 0.05) is 6.54 Å². The third-order valence-electron chi connectivity index (χ3n) is 5.49. The Morgan fingerprint density at radius 2 is 1.79 bits per heavy atom. The van der Waals surface area contributed by atoms with Gasteiger partial charge in [-0.1, -0.05) is 47.6 Å². The van der Waals surface area contributed by atoms with Crippen LogP contribution in [0.4, 0.5) is 26.2 Å². The van der Waals surface area contributed by atoms with Crippen molar-refractivity contribution in [3.63, 3.8) is 0 Å². The molecule has 3 aromatic rings. The highest BCUT2D eigenvalue weighted by Gasteiger charge is 2.32. The molecule has 1 heterocycles. The van der Waals surface area contributed by atoms with Crippen molar-refractivity contribution in [1.82, 2.24) is 5.32 Å². The minimum absolute atomic E-state index is 0.0704. The molecule has 1 saturated heterocycles. The third-order valence-corrected chi connectivity index (χ3v) is 5.49. The molecule has 34 heavy (non-hydrogen) atoms. The highest BCUT2D eigenvalue weighted by molar-refractivity contribution is 5.90. The fraction of sp³-hybridized carbons (Fsp3) is 0.200. The van der Waals surface area contributed by atoms with Crippen LogP contribution in [0.25, 0.3) is 0 Å². The zero-order valence-corrected chi connectivity index (χ0v) is 18.4. The lowest BCUT2D eigenvalue weighted by atomic mass is 10.0. The average molecular weight is 462 g/mol. The summed E-state index contributed by atoms with van der Waals surface area (Å²) in [4.78, 5) is 37.8. The van der Waals surface area contributed by atoms with Crippen LogP contribution >= 0.6 is 0 Å². The Morgan fingerprint density at radius 1 is 1.03 bits per heavy atom. The van der Waals surface area contributed by atoms with Crippen LogP contribution in [0.1, 0.15) is 17.2 Å². The lowest BCUT2D eigenvalue weighted by Crippen LogP contribution is -2.29. The van der Waals surface area contributed by atoms with Crippen molar-refractivity contribution in [3.8, 4) is 0 Å². The number of hydrogen-bond acceptors (Lipinski definition) is 7. The summed E-state index contributed by atoms with van der Waals surface area (Å²) in [6.07, 6.45) is -0.859. The molecule has 0 aliphatic carbocycles. The summed E-state index contributed by atoms with van der Waals surface area (Å²) in [6.45, 7) is 0.801. The second kappa shape index (κ2) is 10.2. The highest BCUT2D eigenvalue weighted by atomic mass is 19.1. The predicted molar refractivity (Wildman–Crippen MR) is 128 cm³/mol. The fourth-order valence-electron chi connectivity index (χ4n) is 3.82. The van der Waals surface area contributed by atoms with Crippen LogP contribution in [-0.2, 0) is 4.74 Å². The summed E-state index contributed by atoms with van der Waals surface area (Å²) >= 11 is 0. The fourth-order valence-corrected chi connectivity index (χ4v) is 3.82. The molecule has 174 valence electrons. The molecule has 2 atom stereocenters. The number of anilines is 3. The second-order valence-electron chi connectivity index (χ2n) is 7.83. The molecule has 1 aliphatic rings. The van der Waals surface area contributed by atoms with Gasteiger partial charge in [-0.15, -0.1) is 4.91 Å². The number of ether oxygens (including phenoxy) is 1. The average Bonchev–Trinajstić information content (AvgIpc) is 3.10. The highest BCUT2D eigenvalue weighted by Crippen LogP contribution is 2.28. The Labute approximate surface area is 195 Å². The van der Waals surface area contributed by atoms with Gasteiger partial charge in [-0.25, -0.2) is 9.18 Å². The number of hydrogen-bond donors (Lipinski definition) is 2. The van der Waals surface area contributed by atoms with Crippen molar-refractivity contribution < 1.29 is 13.9 Å². The number of amides is 1. The molecule has 8 nitrogen and oxygen atoms in total. The number of carbonyl (C=O) groups excluding carboxylic acids is 1. The minimum atomic E-state index is -0.836. The van der Waals surface area contributed by atoms with Gasteiger partial charge in [0.2, 0.25) is 5.43 Å². The van der Waals surface area contributed by atoms with Crippen molar-refractivity contribution in [3.05, 3.63) is 105 Å². The van der Waals surface area contributed by atoms with Crippen LogP contribution in [0, 0.1) is 10.7 Å². The van der Waals surface area contributed by atoms with Crippen molar-refractivity contribution in [2.24, 2.45) is 5.18 Å². The molecule has 1 aliphatic heterocycles. The van der Waals surface area contributed by atoms with E-state index in [0.29, 0.717) is 29.9 Å². The van der Waals surface area contributed by atoms with Gasteiger partial charge in [0.05, 0.1) is 23.6 Å². The van der Waals surface area contributed by atoms with E-state index in [1.165, 1.54) is 29.2 Å². The van der Waals surface area contributed by atoms with Gasteiger partial charge in [0.25, 0.3) is 0 Å². The molecule has 4 rings (SSSR count). The van der Waals surface area contributed by atoms with Crippen molar-refractivity contribution in [2.75, 3.05) is 30.4 Å².